The molecule has 0 unspecified atom stereocenters. The third-order valence-corrected chi connectivity index (χ3v) is 10.6. The van der Waals surface area contributed by atoms with Crippen LogP contribution >= 0.6 is 0 Å². The lowest BCUT2D eigenvalue weighted by atomic mass is 9.46. The van der Waals surface area contributed by atoms with E-state index < -0.39 is 0 Å². The smallest absolute Gasteiger partial charge is 0.308 e. The van der Waals surface area contributed by atoms with Crippen LogP contribution in [0.1, 0.15) is 83.4 Å². The molecule has 3 aliphatic rings. The first kappa shape index (κ1) is 28.8. The molecule has 1 saturated heterocycles. The van der Waals surface area contributed by atoms with E-state index in [1.54, 1.807) is 0 Å². The number of epoxide rings is 1. The molecule has 42 heavy (non-hydrogen) atoms. The molecule has 0 bridgehead atoms. The maximum atomic E-state index is 12.3. The molecule has 4 atom stereocenters. The van der Waals surface area contributed by atoms with Crippen LogP contribution < -0.4 is 14.2 Å². The van der Waals surface area contributed by atoms with Gasteiger partial charge in [-0.1, -0.05) is 87.9 Å². The number of rotatable bonds is 9. The fourth-order valence-electron chi connectivity index (χ4n) is 8.43. The van der Waals surface area contributed by atoms with Crippen LogP contribution in [0.25, 0.3) is 0 Å². The Bertz CT molecular complexity index is 1430. The van der Waals surface area contributed by atoms with Gasteiger partial charge in [0.1, 0.15) is 24.6 Å². The molecule has 3 aromatic carbocycles. The van der Waals surface area contributed by atoms with Crippen LogP contribution in [0.3, 0.4) is 0 Å². The number of hydrogen-bond acceptors (Lipinski definition) is 5. The second-order valence-corrected chi connectivity index (χ2v) is 13.7. The summed E-state index contributed by atoms with van der Waals surface area (Å²) in [6.45, 7) is 11.8. The summed E-state index contributed by atoms with van der Waals surface area (Å²) in [5.74, 6) is 1.94. The molecule has 5 heteroatoms. The van der Waals surface area contributed by atoms with Gasteiger partial charge >= 0.3 is 5.97 Å². The molecule has 3 fully saturated rings. The lowest BCUT2D eigenvalue weighted by Crippen LogP contribution is -2.57. The Kier molecular flexibility index (Phi) is 7.37. The van der Waals surface area contributed by atoms with E-state index in [4.69, 9.17) is 18.9 Å². The van der Waals surface area contributed by atoms with Gasteiger partial charge in [-0.05, 0) is 61.1 Å². The van der Waals surface area contributed by atoms with Gasteiger partial charge in [0, 0.05) is 30.4 Å². The second-order valence-electron chi connectivity index (χ2n) is 13.7. The van der Waals surface area contributed by atoms with Crippen LogP contribution in [0.5, 0.6) is 17.2 Å². The summed E-state index contributed by atoms with van der Waals surface area (Å²) >= 11 is 0. The first-order chi connectivity index (χ1) is 20.1. The molecular weight excluding hydrogens is 524 g/mol. The molecule has 2 aliphatic carbocycles. The molecule has 0 aromatic heterocycles. The highest BCUT2D eigenvalue weighted by Crippen LogP contribution is 2.74. The highest BCUT2D eigenvalue weighted by atomic mass is 16.6. The summed E-state index contributed by atoms with van der Waals surface area (Å²) in [5, 5.41) is 0. The van der Waals surface area contributed by atoms with Gasteiger partial charge in [-0.3, -0.25) is 4.79 Å². The third kappa shape index (κ3) is 5.10. The monoisotopic (exact) mass is 568 g/mol. The Morgan fingerprint density at radius 3 is 2.00 bits per heavy atom. The molecule has 222 valence electrons. The van der Waals surface area contributed by atoms with Crippen LogP contribution in [-0.2, 0) is 29.2 Å². The molecule has 1 aliphatic heterocycles. The van der Waals surface area contributed by atoms with Crippen LogP contribution in [0, 0.1) is 16.7 Å². The lowest BCUT2D eigenvalue weighted by Gasteiger charge is -2.57. The van der Waals surface area contributed by atoms with Crippen molar-refractivity contribution in [2.24, 2.45) is 16.7 Å². The number of ether oxygens (including phenoxy) is 4. The summed E-state index contributed by atoms with van der Waals surface area (Å²) < 4.78 is 25.5. The van der Waals surface area contributed by atoms with E-state index in [0.29, 0.717) is 42.8 Å². The van der Waals surface area contributed by atoms with Gasteiger partial charge in [0.2, 0.25) is 0 Å². The maximum Gasteiger partial charge on any atom is 0.308 e. The Labute approximate surface area is 250 Å². The van der Waals surface area contributed by atoms with E-state index in [2.05, 4.69) is 39.8 Å². The largest absolute Gasteiger partial charge is 0.485 e. The highest BCUT2D eigenvalue weighted by Gasteiger charge is 2.78. The molecule has 0 amide bonds. The molecular formula is C37H44O5. The average Bonchev–Trinajstić information content (AvgIpc) is 3.59. The Morgan fingerprint density at radius 1 is 0.810 bits per heavy atom. The fourth-order valence-corrected chi connectivity index (χ4v) is 8.43. The van der Waals surface area contributed by atoms with Gasteiger partial charge in [-0.2, -0.15) is 0 Å². The standard InChI is InChI=1S/C37H44O5/c1-26(38)41-30-22-32(40-25-28-15-10-7-11-16-28)31(39-24-27-13-8-6-9-14-27)21-29(30)23-37-35(4)19-12-18-34(2,3)33(35)17-20-36(37,5)42-37/h6-11,13-16,21-22,33H,12,17-20,23-25H2,1-5H3/t33-,35-,36+,37-/m0/s1. The van der Waals surface area contributed by atoms with Crippen molar-refractivity contribution < 1.29 is 23.7 Å². The third-order valence-electron chi connectivity index (χ3n) is 10.6. The summed E-state index contributed by atoms with van der Waals surface area (Å²) in [7, 11) is 0. The SMILES string of the molecule is CC(=O)Oc1cc(OCc2ccccc2)c(OCc2ccccc2)cc1C[C@@]12O[C@]1(C)CC[C@H]1C(C)(C)CCC[C@@]12C. The quantitative estimate of drug-likeness (QED) is 0.147. The van der Waals surface area contributed by atoms with Crippen molar-refractivity contribution in [3.63, 3.8) is 0 Å². The number of benzene rings is 3. The highest BCUT2D eigenvalue weighted by molar-refractivity contribution is 5.70. The molecule has 0 N–H and O–H groups in total. The van der Waals surface area contributed by atoms with Crippen LogP contribution in [0.2, 0.25) is 0 Å². The predicted molar refractivity (Wildman–Crippen MR) is 164 cm³/mol. The summed E-state index contributed by atoms with van der Waals surface area (Å²) in [6, 6.07) is 24.0. The zero-order valence-corrected chi connectivity index (χ0v) is 25.7. The first-order valence-corrected chi connectivity index (χ1v) is 15.4. The topological polar surface area (TPSA) is 57.3 Å². The van der Waals surface area contributed by atoms with E-state index in [1.807, 2.05) is 60.7 Å². The van der Waals surface area contributed by atoms with Gasteiger partial charge in [-0.15, -0.1) is 0 Å². The summed E-state index contributed by atoms with van der Waals surface area (Å²) in [4.78, 5) is 12.3. The normalized spacial score (nSPS) is 29.1. The van der Waals surface area contributed by atoms with Crippen molar-refractivity contribution in [3.05, 3.63) is 89.5 Å². The minimum atomic E-state index is -0.355. The van der Waals surface area contributed by atoms with Gasteiger partial charge in [0.05, 0.1) is 5.60 Å². The Balaban J connectivity index is 1.38. The summed E-state index contributed by atoms with van der Waals surface area (Å²) in [5.41, 5.74) is 2.83. The number of fused-ring (bicyclic) bond motifs is 3. The summed E-state index contributed by atoms with van der Waals surface area (Å²) in [6.07, 6.45) is 6.51. The van der Waals surface area contributed by atoms with E-state index >= 15 is 0 Å². The van der Waals surface area contributed by atoms with E-state index in [0.717, 1.165) is 29.5 Å². The predicted octanol–water partition coefficient (Wildman–Crippen LogP) is 8.47. The number of carbonyl (C=O) groups excluding carboxylic acids is 1. The lowest BCUT2D eigenvalue weighted by molar-refractivity contribution is -0.132. The van der Waals surface area contributed by atoms with Crippen LogP contribution in [0.15, 0.2) is 72.8 Å². The van der Waals surface area contributed by atoms with Crippen molar-refractivity contribution >= 4 is 5.97 Å². The molecule has 1 heterocycles. The molecule has 2 saturated carbocycles. The fraction of sp³-hybridized carbons (Fsp3) is 0.486. The average molecular weight is 569 g/mol. The number of hydrogen-bond donors (Lipinski definition) is 0. The minimum absolute atomic E-state index is 0.0305. The van der Waals surface area contributed by atoms with Crippen molar-refractivity contribution in [2.75, 3.05) is 0 Å². The molecule has 6 rings (SSSR count). The molecule has 0 spiro atoms. The van der Waals surface area contributed by atoms with Crippen LogP contribution in [0.4, 0.5) is 0 Å². The van der Waals surface area contributed by atoms with Gasteiger partial charge in [-0.25, -0.2) is 0 Å². The molecule has 3 aromatic rings. The number of carbonyl (C=O) groups is 1. The van der Waals surface area contributed by atoms with Gasteiger partial charge in [0.15, 0.2) is 11.5 Å². The second kappa shape index (κ2) is 10.8. The Morgan fingerprint density at radius 2 is 1.40 bits per heavy atom. The van der Waals surface area contributed by atoms with E-state index in [1.165, 1.54) is 26.2 Å². The van der Waals surface area contributed by atoms with Gasteiger partial charge < -0.3 is 18.9 Å². The zero-order valence-electron chi connectivity index (χ0n) is 25.7. The Hall–Kier alpha value is -3.31. The maximum absolute atomic E-state index is 12.3. The van der Waals surface area contributed by atoms with E-state index in [-0.39, 0.29) is 28.0 Å². The first-order valence-electron chi connectivity index (χ1n) is 15.4. The van der Waals surface area contributed by atoms with Gasteiger partial charge in [0.25, 0.3) is 0 Å². The molecule has 0 radical (unpaired) electrons. The zero-order chi connectivity index (χ0) is 29.6. The van der Waals surface area contributed by atoms with E-state index in [9.17, 15) is 4.79 Å². The minimum Gasteiger partial charge on any atom is -0.485 e. The van der Waals surface area contributed by atoms with Crippen molar-refractivity contribution in [1.29, 1.82) is 0 Å². The van der Waals surface area contributed by atoms with Crippen molar-refractivity contribution in [1.82, 2.24) is 0 Å². The van der Waals surface area contributed by atoms with Crippen molar-refractivity contribution in [2.45, 2.75) is 97.6 Å². The van der Waals surface area contributed by atoms with Crippen molar-refractivity contribution in [3.8, 4) is 17.2 Å². The molecule has 5 nitrogen and oxygen atoms in total. The van der Waals surface area contributed by atoms with Crippen LogP contribution in [-0.4, -0.2) is 17.2 Å². The number of esters is 1.